The van der Waals surface area contributed by atoms with E-state index >= 15 is 0 Å². The van der Waals surface area contributed by atoms with Crippen LogP contribution in [0.5, 0.6) is 0 Å². The first-order valence-corrected chi connectivity index (χ1v) is 4.44. The molecule has 1 heterocycles. The van der Waals surface area contributed by atoms with Crippen LogP contribution in [-0.2, 0) is 9.59 Å². The maximum absolute atomic E-state index is 11.2. The molecule has 1 aliphatic heterocycles. The average molecular weight is 212 g/mol. The fourth-order valence-electron chi connectivity index (χ4n) is 1.13. The first kappa shape index (κ1) is 11.0. The Kier molecular flexibility index (Phi) is 3.27. The van der Waals surface area contributed by atoms with E-state index in [-0.39, 0.29) is 30.6 Å². The number of likely N-dealkylation sites (tertiary alicyclic amines) is 1. The lowest BCUT2D eigenvalue weighted by Crippen LogP contribution is -2.86. The molecule has 0 aromatic heterocycles. The van der Waals surface area contributed by atoms with Crippen LogP contribution in [0.1, 0.15) is 19.8 Å². The van der Waals surface area contributed by atoms with E-state index in [0.717, 1.165) is 4.90 Å². The summed E-state index contributed by atoms with van der Waals surface area (Å²) in [6.45, 7) is 1.68. The molecule has 7 nitrogen and oxygen atoms in total. The van der Waals surface area contributed by atoms with Gasteiger partial charge in [0.05, 0.1) is 5.70 Å². The second-order valence-electron chi connectivity index (χ2n) is 3.17. The minimum atomic E-state index is -0.203. The molecule has 15 heavy (non-hydrogen) atoms. The maximum Gasteiger partial charge on any atom is 0.360 e. The molecule has 7 heteroatoms. The molecule has 0 atom stereocenters. The van der Waals surface area contributed by atoms with Crippen LogP contribution in [0.15, 0.2) is 11.9 Å². The molecule has 1 aliphatic rings. The number of hydrogen-bond acceptors (Lipinski definition) is 3. The van der Waals surface area contributed by atoms with Crippen molar-refractivity contribution in [2.75, 3.05) is 0 Å². The zero-order chi connectivity index (χ0) is 11.4. The fourth-order valence-corrected chi connectivity index (χ4v) is 1.13. The lowest BCUT2D eigenvalue weighted by molar-refractivity contribution is -0.518. The number of carbonyl (C=O) groups excluding carboxylic acids is 2. The van der Waals surface area contributed by atoms with Gasteiger partial charge in [0, 0.05) is 19.0 Å². The molecule has 0 unspecified atom stereocenters. The Morgan fingerprint density at radius 2 is 1.93 bits per heavy atom. The Morgan fingerprint density at radius 3 is 2.40 bits per heavy atom. The predicted octanol–water partition coefficient (Wildman–Crippen LogP) is -3.14. The summed E-state index contributed by atoms with van der Waals surface area (Å²) >= 11 is 0. The van der Waals surface area contributed by atoms with Crippen molar-refractivity contribution in [3.63, 3.8) is 0 Å². The van der Waals surface area contributed by atoms with Gasteiger partial charge in [-0.25, -0.2) is 0 Å². The molecule has 0 bridgehead atoms. The highest BCUT2D eigenvalue weighted by Crippen LogP contribution is 2.12. The number of hydrazine groups is 1. The monoisotopic (exact) mass is 212 g/mol. The number of nitrogens with zero attached hydrogens (tertiary/aromatic N) is 1. The minimum Gasteiger partial charge on any atom is -0.289 e. The van der Waals surface area contributed by atoms with Crippen molar-refractivity contribution in [3.8, 4) is 0 Å². The number of nitrogens with two attached hydrogens (primary N) is 2. The lowest BCUT2D eigenvalue weighted by atomic mass is 10.4. The molecule has 1 saturated heterocycles. The SMILES string of the molecule is CC(=CN1C(=O)CCC1=O)N[NH+]=C(N)N. The van der Waals surface area contributed by atoms with E-state index in [1.807, 2.05) is 0 Å². The summed E-state index contributed by atoms with van der Waals surface area (Å²) in [6, 6.07) is 0. The Labute approximate surface area is 86.8 Å². The summed E-state index contributed by atoms with van der Waals surface area (Å²) in [6.07, 6.45) is 1.94. The highest BCUT2D eigenvalue weighted by Gasteiger charge is 2.27. The fraction of sp³-hybridized carbons (Fsp3) is 0.375. The number of allylic oxidation sites excluding steroid dienone is 1. The Balaban J connectivity index is 2.65. The van der Waals surface area contributed by atoms with E-state index < -0.39 is 0 Å². The van der Waals surface area contributed by atoms with Crippen molar-refractivity contribution in [1.82, 2.24) is 10.3 Å². The average Bonchev–Trinajstić information content (AvgIpc) is 2.46. The minimum absolute atomic E-state index is 0.00169. The molecule has 2 amide bonds. The van der Waals surface area contributed by atoms with Gasteiger partial charge in [0.1, 0.15) is 0 Å². The van der Waals surface area contributed by atoms with Gasteiger partial charge in [-0.05, 0) is 6.92 Å². The predicted molar refractivity (Wildman–Crippen MR) is 52.3 cm³/mol. The van der Waals surface area contributed by atoms with Gasteiger partial charge in [0.15, 0.2) is 0 Å². The topological polar surface area (TPSA) is 115 Å². The number of carbonyl (C=O) groups is 2. The molecule has 0 aliphatic carbocycles. The number of guanidine groups is 1. The third-order valence-corrected chi connectivity index (χ3v) is 1.82. The molecule has 1 rings (SSSR count). The summed E-state index contributed by atoms with van der Waals surface area (Å²) in [4.78, 5) is 23.5. The van der Waals surface area contributed by atoms with Crippen molar-refractivity contribution in [3.05, 3.63) is 11.9 Å². The van der Waals surface area contributed by atoms with Gasteiger partial charge in [-0.1, -0.05) is 0 Å². The van der Waals surface area contributed by atoms with Gasteiger partial charge in [-0.2, -0.15) is 5.10 Å². The summed E-state index contributed by atoms with van der Waals surface area (Å²) in [5.41, 5.74) is 13.5. The lowest BCUT2D eigenvalue weighted by Gasteiger charge is -2.08. The van der Waals surface area contributed by atoms with Gasteiger partial charge < -0.3 is 0 Å². The Hall–Kier alpha value is -2.05. The standard InChI is InChI=1S/C8H13N5O2/c1-5(11-12-8(9)10)4-13-6(14)2-3-7(13)15/h4,11H,2-3H2,1H3,(H4,9,10,12)/p+1. The van der Waals surface area contributed by atoms with E-state index in [0.29, 0.717) is 5.70 Å². The van der Waals surface area contributed by atoms with Crippen molar-refractivity contribution >= 4 is 17.8 Å². The number of hydrazone groups is 1. The van der Waals surface area contributed by atoms with Crippen molar-refractivity contribution in [2.24, 2.45) is 11.5 Å². The van der Waals surface area contributed by atoms with Crippen LogP contribution in [0.4, 0.5) is 0 Å². The van der Waals surface area contributed by atoms with E-state index in [2.05, 4.69) is 10.5 Å². The maximum atomic E-state index is 11.2. The zero-order valence-corrected chi connectivity index (χ0v) is 8.41. The Bertz CT molecular complexity index is 327. The molecular weight excluding hydrogens is 198 g/mol. The van der Waals surface area contributed by atoms with Crippen molar-refractivity contribution in [2.45, 2.75) is 19.8 Å². The van der Waals surface area contributed by atoms with Crippen LogP contribution in [0, 0.1) is 0 Å². The highest BCUT2D eigenvalue weighted by molar-refractivity contribution is 6.02. The second-order valence-corrected chi connectivity index (χ2v) is 3.17. The molecule has 0 spiro atoms. The molecule has 6 N–H and O–H groups in total. The first-order chi connectivity index (χ1) is 7.00. The van der Waals surface area contributed by atoms with Crippen LogP contribution in [0.2, 0.25) is 0 Å². The first-order valence-electron chi connectivity index (χ1n) is 4.44. The second kappa shape index (κ2) is 4.45. The number of amides is 2. The molecule has 1 fully saturated rings. The van der Waals surface area contributed by atoms with Gasteiger partial charge in [-0.15, -0.1) is 0 Å². The number of nitrogens with one attached hydrogen (secondary N) is 2. The molecule has 82 valence electrons. The van der Waals surface area contributed by atoms with Gasteiger partial charge >= 0.3 is 5.96 Å². The quantitative estimate of drug-likeness (QED) is 0.171. The number of imide groups is 1. The van der Waals surface area contributed by atoms with Gasteiger partial charge in [0.25, 0.3) is 0 Å². The van der Waals surface area contributed by atoms with Crippen LogP contribution in [0.3, 0.4) is 0 Å². The number of hydrogen-bond donors (Lipinski definition) is 4. The molecular formula is C8H14N5O2+. The van der Waals surface area contributed by atoms with Crippen molar-refractivity contribution < 1.29 is 14.7 Å². The highest BCUT2D eigenvalue weighted by atomic mass is 16.2. The van der Waals surface area contributed by atoms with E-state index in [4.69, 9.17) is 11.5 Å². The Morgan fingerprint density at radius 1 is 1.40 bits per heavy atom. The van der Waals surface area contributed by atoms with E-state index in [1.165, 1.54) is 6.20 Å². The zero-order valence-electron chi connectivity index (χ0n) is 8.41. The van der Waals surface area contributed by atoms with Crippen LogP contribution < -0.4 is 22.0 Å². The molecule has 0 aromatic carbocycles. The van der Waals surface area contributed by atoms with Gasteiger partial charge in [-0.3, -0.25) is 31.4 Å². The molecule has 0 saturated carbocycles. The summed E-state index contributed by atoms with van der Waals surface area (Å²) in [7, 11) is 0. The van der Waals surface area contributed by atoms with E-state index in [9.17, 15) is 9.59 Å². The third-order valence-electron chi connectivity index (χ3n) is 1.82. The largest absolute Gasteiger partial charge is 0.360 e. The summed E-state index contributed by atoms with van der Waals surface area (Å²) in [5, 5.41) is 2.45. The number of rotatable bonds is 3. The summed E-state index contributed by atoms with van der Waals surface area (Å²) < 4.78 is 0. The van der Waals surface area contributed by atoms with Crippen LogP contribution in [-0.4, -0.2) is 22.7 Å². The van der Waals surface area contributed by atoms with Crippen LogP contribution in [0.25, 0.3) is 0 Å². The van der Waals surface area contributed by atoms with Gasteiger partial charge in [0.2, 0.25) is 11.8 Å². The third kappa shape index (κ3) is 2.97. The smallest absolute Gasteiger partial charge is 0.289 e. The van der Waals surface area contributed by atoms with Crippen LogP contribution >= 0.6 is 0 Å². The van der Waals surface area contributed by atoms with Crippen molar-refractivity contribution in [1.29, 1.82) is 0 Å². The molecule has 0 radical (unpaired) electrons. The summed E-state index contributed by atoms with van der Waals surface area (Å²) in [5.74, 6) is -0.404. The van der Waals surface area contributed by atoms with E-state index in [1.54, 1.807) is 6.92 Å². The molecule has 0 aromatic rings. The normalized spacial score (nSPS) is 16.9.